The Morgan fingerprint density at radius 2 is 2.56 bits per heavy atom. The van der Waals surface area contributed by atoms with Gasteiger partial charge < -0.3 is 15.1 Å². The van der Waals surface area contributed by atoms with Gasteiger partial charge in [-0.25, -0.2) is 0 Å². The Morgan fingerprint density at radius 3 is 3.25 bits per heavy atom. The van der Waals surface area contributed by atoms with Gasteiger partial charge in [0.15, 0.2) is 0 Å². The van der Waals surface area contributed by atoms with Crippen molar-refractivity contribution in [3.63, 3.8) is 0 Å². The summed E-state index contributed by atoms with van der Waals surface area (Å²) in [6, 6.07) is 3.64. The first-order valence-corrected chi connectivity index (χ1v) is 5.79. The van der Waals surface area contributed by atoms with E-state index in [0.29, 0.717) is 12.5 Å². The molecule has 0 spiro atoms. The molecule has 2 rings (SSSR count). The van der Waals surface area contributed by atoms with Crippen molar-refractivity contribution in [3.8, 4) is 0 Å². The van der Waals surface area contributed by atoms with Crippen LogP contribution >= 0.6 is 0 Å². The molecule has 88 valence electrons. The third-order valence-corrected chi connectivity index (χ3v) is 3.00. The molecular weight excluding hydrogens is 204 g/mol. The number of rotatable bonds is 3. The van der Waals surface area contributed by atoms with Gasteiger partial charge in [0.25, 0.3) is 0 Å². The zero-order chi connectivity index (χ0) is 11.4. The maximum Gasteiger partial charge on any atom is 0.237 e. The van der Waals surface area contributed by atoms with Crippen LogP contribution in [0.25, 0.3) is 0 Å². The summed E-state index contributed by atoms with van der Waals surface area (Å²) in [5, 5.41) is 6.12. The molecule has 1 aromatic rings. The molecular formula is C12H18N2O2. The highest BCUT2D eigenvalue weighted by Crippen LogP contribution is 2.15. The Balaban J connectivity index is 1.79. The van der Waals surface area contributed by atoms with Crippen LogP contribution in [0, 0.1) is 5.92 Å². The number of carbonyl (C=O) groups excluding carboxylic acids is 1. The Labute approximate surface area is 95.4 Å². The quantitative estimate of drug-likeness (QED) is 0.810. The average Bonchev–Trinajstić information content (AvgIpc) is 2.78. The summed E-state index contributed by atoms with van der Waals surface area (Å²) in [7, 11) is 0. The smallest absolute Gasteiger partial charge is 0.237 e. The van der Waals surface area contributed by atoms with Crippen molar-refractivity contribution < 1.29 is 9.21 Å². The van der Waals surface area contributed by atoms with Crippen LogP contribution in [0.2, 0.25) is 0 Å². The summed E-state index contributed by atoms with van der Waals surface area (Å²) in [4.78, 5) is 11.8. The van der Waals surface area contributed by atoms with Gasteiger partial charge in [0, 0.05) is 0 Å². The van der Waals surface area contributed by atoms with Crippen molar-refractivity contribution in [2.45, 2.75) is 32.4 Å². The summed E-state index contributed by atoms with van der Waals surface area (Å²) in [6.45, 7) is 3.59. The van der Waals surface area contributed by atoms with Gasteiger partial charge >= 0.3 is 0 Å². The van der Waals surface area contributed by atoms with Gasteiger partial charge in [-0.05, 0) is 37.4 Å². The molecule has 0 saturated carbocycles. The van der Waals surface area contributed by atoms with Crippen LogP contribution in [0.3, 0.4) is 0 Å². The second-order valence-electron chi connectivity index (χ2n) is 4.43. The van der Waals surface area contributed by atoms with Crippen molar-refractivity contribution in [2.75, 3.05) is 6.54 Å². The largest absolute Gasteiger partial charge is 0.467 e. The highest BCUT2D eigenvalue weighted by molar-refractivity contribution is 5.81. The topological polar surface area (TPSA) is 54.3 Å². The predicted molar refractivity (Wildman–Crippen MR) is 60.7 cm³/mol. The van der Waals surface area contributed by atoms with Crippen molar-refractivity contribution in [3.05, 3.63) is 24.2 Å². The van der Waals surface area contributed by atoms with Crippen LogP contribution < -0.4 is 10.6 Å². The fraction of sp³-hybridized carbons (Fsp3) is 0.583. The molecule has 16 heavy (non-hydrogen) atoms. The first-order chi connectivity index (χ1) is 7.75. The van der Waals surface area contributed by atoms with E-state index in [1.54, 1.807) is 6.26 Å². The molecule has 4 nitrogen and oxygen atoms in total. The molecule has 2 heterocycles. The van der Waals surface area contributed by atoms with Crippen LogP contribution in [0.1, 0.15) is 25.5 Å². The predicted octanol–water partition coefficient (Wildman–Crippen LogP) is 1.28. The molecule has 2 N–H and O–H groups in total. The zero-order valence-electron chi connectivity index (χ0n) is 9.53. The normalized spacial score (nSPS) is 25.3. The molecule has 1 aromatic heterocycles. The van der Waals surface area contributed by atoms with Gasteiger partial charge in [0.2, 0.25) is 5.91 Å². The lowest BCUT2D eigenvalue weighted by molar-refractivity contribution is -0.124. The van der Waals surface area contributed by atoms with E-state index in [0.717, 1.165) is 25.1 Å². The van der Waals surface area contributed by atoms with E-state index in [1.165, 1.54) is 0 Å². The first kappa shape index (κ1) is 11.2. The highest BCUT2D eigenvalue weighted by Gasteiger charge is 2.24. The van der Waals surface area contributed by atoms with Gasteiger partial charge in [-0.3, -0.25) is 4.79 Å². The van der Waals surface area contributed by atoms with Gasteiger partial charge in [-0.2, -0.15) is 0 Å². The molecule has 2 unspecified atom stereocenters. The molecule has 0 aromatic carbocycles. The van der Waals surface area contributed by atoms with Crippen LogP contribution in [-0.4, -0.2) is 18.5 Å². The minimum atomic E-state index is -0.0429. The lowest BCUT2D eigenvalue weighted by atomic mass is 9.94. The van der Waals surface area contributed by atoms with Crippen molar-refractivity contribution in [1.29, 1.82) is 0 Å². The number of hydrogen-bond acceptors (Lipinski definition) is 3. The van der Waals surface area contributed by atoms with Crippen molar-refractivity contribution >= 4 is 5.91 Å². The fourth-order valence-electron chi connectivity index (χ4n) is 2.02. The third kappa shape index (κ3) is 2.85. The molecule has 1 amide bonds. The summed E-state index contributed by atoms with van der Waals surface area (Å²) in [5.74, 6) is 1.49. The molecule has 1 saturated heterocycles. The van der Waals surface area contributed by atoms with Crippen molar-refractivity contribution in [1.82, 2.24) is 10.6 Å². The van der Waals surface area contributed by atoms with E-state index in [9.17, 15) is 4.79 Å². The van der Waals surface area contributed by atoms with E-state index in [2.05, 4.69) is 17.6 Å². The van der Waals surface area contributed by atoms with Crippen LogP contribution in [-0.2, 0) is 11.3 Å². The summed E-state index contributed by atoms with van der Waals surface area (Å²) >= 11 is 0. The van der Waals surface area contributed by atoms with E-state index in [4.69, 9.17) is 4.42 Å². The zero-order valence-corrected chi connectivity index (χ0v) is 9.53. The average molecular weight is 222 g/mol. The molecule has 0 radical (unpaired) electrons. The Morgan fingerprint density at radius 1 is 1.69 bits per heavy atom. The summed E-state index contributed by atoms with van der Waals surface area (Å²) in [6.07, 6.45) is 3.69. The number of furan rings is 1. The molecule has 0 bridgehead atoms. The first-order valence-electron chi connectivity index (χ1n) is 5.79. The van der Waals surface area contributed by atoms with Crippen molar-refractivity contribution in [2.24, 2.45) is 5.92 Å². The molecule has 4 heteroatoms. The van der Waals surface area contributed by atoms with E-state index in [1.807, 2.05) is 12.1 Å². The Kier molecular flexibility index (Phi) is 3.62. The number of piperidine rings is 1. The molecule has 1 aliphatic rings. The highest BCUT2D eigenvalue weighted by atomic mass is 16.3. The summed E-state index contributed by atoms with van der Waals surface area (Å²) in [5.41, 5.74) is 0. The standard InChI is InChI=1S/C12H18N2O2/c1-9-4-5-13-11(7-9)12(15)14-8-10-3-2-6-16-10/h2-3,6,9,11,13H,4-5,7-8H2,1H3,(H,14,15). The third-order valence-electron chi connectivity index (χ3n) is 3.00. The van der Waals surface area contributed by atoms with Gasteiger partial charge in [0.1, 0.15) is 5.76 Å². The minimum Gasteiger partial charge on any atom is -0.467 e. The Hall–Kier alpha value is -1.29. The second-order valence-corrected chi connectivity index (χ2v) is 4.43. The van der Waals surface area contributed by atoms with E-state index >= 15 is 0 Å². The van der Waals surface area contributed by atoms with E-state index < -0.39 is 0 Å². The number of hydrogen-bond donors (Lipinski definition) is 2. The molecule has 2 atom stereocenters. The molecule has 0 aliphatic carbocycles. The maximum absolute atomic E-state index is 11.8. The van der Waals surface area contributed by atoms with Crippen LogP contribution in [0.5, 0.6) is 0 Å². The van der Waals surface area contributed by atoms with Gasteiger partial charge in [-0.15, -0.1) is 0 Å². The second kappa shape index (κ2) is 5.16. The van der Waals surface area contributed by atoms with E-state index in [-0.39, 0.29) is 11.9 Å². The van der Waals surface area contributed by atoms with Crippen LogP contribution in [0.15, 0.2) is 22.8 Å². The molecule has 1 fully saturated rings. The summed E-state index contributed by atoms with van der Waals surface area (Å²) < 4.78 is 5.16. The van der Waals surface area contributed by atoms with Gasteiger partial charge in [0.05, 0.1) is 18.8 Å². The number of carbonyl (C=O) groups is 1. The minimum absolute atomic E-state index is 0.0429. The number of amides is 1. The van der Waals surface area contributed by atoms with Gasteiger partial charge in [-0.1, -0.05) is 6.92 Å². The lowest BCUT2D eigenvalue weighted by Gasteiger charge is -2.27. The molecule has 1 aliphatic heterocycles. The van der Waals surface area contributed by atoms with Crippen LogP contribution in [0.4, 0.5) is 0 Å². The SMILES string of the molecule is CC1CCNC(C(=O)NCc2ccco2)C1. The number of nitrogens with one attached hydrogen (secondary N) is 2. The monoisotopic (exact) mass is 222 g/mol. The maximum atomic E-state index is 11.8. The lowest BCUT2D eigenvalue weighted by Crippen LogP contribution is -2.48. The Bertz CT molecular complexity index is 335. The fourth-order valence-corrected chi connectivity index (χ4v) is 2.02.